The van der Waals surface area contributed by atoms with E-state index in [0.717, 1.165) is 17.1 Å². The number of hydrogen-bond acceptors (Lipinski definition) is 3. The van der Waals surface area contributed by atoms with Gasteiger partial charge >= 0.3 is 0 Å². The average Bonchev–Trinajstić information content (AvgIpc) is 2.73. The first-order chi connectivity index (χ1) is 13.1. The summed E-state index contributed by atoms with van der Waals surface area (Å²) in [6.45, 7) is 0.145. The smallest absolute Gasteiger partial charge is 0.258 e. The summed E-state index contributed by atoms with van der Waals surface area (Å²) >= 11 is 0. The maximum absolute atomic E-state index is 12.6. The number of rotatable bonds is 6. The highest BCUT2D eigenvalue weighted by atomic mass is 16.2. The lowest BCUT2D eigenvalue weighted by Gasteiger charge is -2.17. The van der Waals surface area contributed by atoms with Gasteiger partial charge in [0.1, 0.15) is 0 Å². The molecule has 0 heterocycles. The van der Waals surface area contributed by atoms with Crippen molar-refractivity contribution in [3.63, 3.8) is 0 Å². The van der Waals surface area contributed by atoms with Crippen molar-refractivity contribution in [1.82, 2.24) is 0 Å². The van der Waals surface area contributed by atoms with Crippen LogP contribution in [0.5, 0.6) is 0 Å². The van der Waals surface area contributed by atoms with Gasteiger partial charge in [-0.05, 0) is 48.5 Å². The van der Waals surface area contributed by atoms with E-state index >= 15 is 0 Å². The Morgan fingerprint density at radius 2 is 1.37 bits per heavy atom. The fraction of sp³-hybridized carbons (Fsp3) is 0.0909. The number of carbonyl (C=O) groups is 2. The van der Waals surface area contributed by atoms with Gasteiger partial charge in [0, 0.05) is 29.7 Å². The van der Waals surface area contributed by atoms with Crippen molar-refractivity contribution in [3.8, 4) is 0 Å². The Balaban J connectivity index is 1.55. The van der Waals surface area contributed by atoms with Crippen molar-refractivity contribution in [1.29, 1.82) is 0 Å². The molecule has 0 unspecified atom stereocenters. The monoisotopic (exact) mass is 359 g/mol. The SMILES string of the molecule is CN(C(=O)c1ccc(NCC(=O)Nc2ccccc2)cc1)c1ccccc1. The van der Waals surface area contributed by atoms with Crippen LogP contribution in [0.3, 0.4) is 0 Å². The van der Waals surface area contributed by atoms with Crippen molar-refractivity contribution in [2.24, 2.45) is 0 Å². The standard InChI is InChI=1S/C22H21N3O2/c1-25(20-10-6-3-7-11-20)22(27)17-12-14-18(15-13-17)23-16-21(26)24-19-8-4-2-5-9-19/h2-15,23H,16H2,1H3,(H,24,26). The van der Waals surface area contributed by atoms with Crippen LogP contribution >= 0.6 is 0 Å². The number of anilines is 3. The second-order valence-corrected chi connectivity index (χ2v) is 6.04. The molecule has 0 aliphatic carbocycles. The predicted octanol–water partition coefficient (Wildman–Crippen LogP) is 4.01. The third kappa shape index (κ3) is 4.95. The number of nitrogens with zero attached hydrogens (tertiary/aromatic N) is 1. The van der Waals surface area contributed by atoms with Crippen molar-refractivity contribution >= 4 is 28.9 Å². The van der Waals surface area contributed by atoms with Crippen molar-refractivity contribution in [2.45, 2.75) is 0 Å². The molecule has 27 heavy (non-hydrogen) atoms. The summed E-state index contributed by atoms with van der Waals surface area (Å²) in [6, 6.07) is 25.9. The minimum Gasteiger partial charge on any atom is -0.376 e. The van der Waals surface area contributed by atoms with E-state index in [9.17, 15) is 9.59 Å². The molecular weight excluding hydrogens is 338 g/mol. The van der Waals surface area contributed by atoms with Crippen LogP contribution in [0.2, 0.25) is 0 Å². The van der Waals surface area contributed by atoms with Gasteiger partial charge in [0.25, 0.3) is 5.91 Å². The average molecular weight is 359 g/mol. The van der Waals surface area contributed by atoms with E-state index in [2.05, 4.69) is 10.6 Å². The van der Waals surface area contributed by atoms with Gasteiger partial charge in [0.15, 0.2) is 0 Å². The number of benzene rings is 3. The third-order valence-electron chi connectivity index (χ3n) is 4.09. The van der Waals surface area contributed by atoms with Crippen LogP contribution in [0.25, 0.3) is 0 Å². The molecule has 0 aliphatic heterocycles. The minimum absolute atomic E-state index is 0.0884. The number of hydrogen-bond donors (Lipinski definition) is 2. The number of nitrogens with one attached hydrogen (secondary N) is 2. The van der Waals surface area contributed by atoms with Gasteiger partial charge in [-0.25, -0.2) is 0 Å². The van der Waals surface area contributed by atoms with E-state index in [4.69, 9.17) is 0 Å². The molecule has 3 aromatic rings. The van der Waals surface area contributed by atoms with E-state index in [1.165, 1.54) is 0 Å². The maximum atomic E-state index is 12.6. The van der Waals surface area contributed by atoms with Crippen LogP contribution in [-0.2, 0) is 4.79 Å². The molecule has 0 radical (unpaired) electrons. The summed E-state index contributed by atoms with van der Waals surface area (Å²) in [5.74, 6) is -0.222. The number of amides is 2. The molecule has 0 aliphatic rings. The van der Waals surface area contributed by atoms with E-state index in [1.54, 1.807) is 36.2 Å². The van der Waals surface area contributed by atoms with E-state index in [0.29, 0.717) is 5.56 Å². The number of carbonyl (C=O) groups excluding carboxylic acids is 2. The highest BCUT2D eigenvalue weighted by Gasteiger charge is 2.13. The van der Waals surface area contributed by atoms with Crippen LogP contribution in [-0.4, -0.2) is 25.4 Å². The fourth-order valence-corrected chi connectivity index (χ4v) is 2.60. The Morgan fingerprint density at radius 1 is 0.778 bits per heavy atom. The summed E-state index contributed by atoms with van der Waals surface area (Å²) in [5.41, 5.74) is 2.95. The van der Waals surface area contributed by atoms with Gasteiger partial charge in [-0.3, -0.25) is 9.59 Å². The molecule has 0 fully saturated rings. The number of para-hydroxylation sites is 2. The normalized spacial score (nSPS) is 10.1. The molecule has 3 aromatic carbocycles. The molecule has 2 N–H and O–H groups in total. The highest BCUT2D eigenvalue weighted by Crippen LogP contribution is 2.16. The van der Waals surface area contributed by atoms with Crippen molar-refractivity contribution < 1.29 is 9.59 Å². The Kier molecular flexibility index (Phi) is 5.84. The van der Waals surface area contributed by atoms with Crippen LogP contribution in [0.1, 0.15) is 10.4 Å². The maximum Gasteiger partial charge on any atom is 0.258 e. The first-order valence-electron chi connectivity index (χ1n) is 8.65. The van der Waals surface area contributed by atoms with Gasteiger partial charge < -0.3 is 15.5 Å². The molecule has 3 rings (SSSR count). The highest BCUT2D eigenvalue weighted by molar-refractivity contribution is 6.05. The molecule has 136 valence electrons. The molecule has 0 saturated heterocycles. The molecular formula is C22H21N3O2. The lowest BCUT2D eigenvalue weighted by molar-refractivity contribution is -0.114. The Morgan fingerprint density at radius 3 is 2.00 bits per heavy atom. The summed E-state index contributed by atoms with van der Waals surface area (Å²) < 4.78 is 0. The van der Waals surface area contributed by atoms with Crippen molar-refractivity contribution in [2.75, 3.05) is 29.1 Å². The zero-order valence-electron chi connectivity index (χ0n) is 15.1. The third-order valence-corrected chi connectivity index (χ3v) is 4.09. The lowest BCUT2D eigenvalue weighted by Crippen LogP contribution is -2.26. The largest absolute Gasteiger partial charge is 0.376 e. The Labute approximate surface area is 158 Å². The van der Waals surface area contributed by atoms with Gasteiger partial charge in [0.05, 0.1) is 6.54 Å². The van der Waals surface area contributed by atoms with Gasteiger partial charge in [-0.2, -0.15) is 0 Å². The molecule has 0 bridgehead atoms. The van der Waals surface area contributed by atoms with Crippen LogP contribution in [0.4, 0.5) is 17.1 Å². The molecule has 0 spiro atoms. The summed E-state index contributed by atoms with van der Waals surface area (Å²) in [6.07, 6.45) is 0. The lowest BCUT2D eigenvalue weighted by atomic mass is 10.1. The summed E-state index contributed by atoms with van der Waals surface area (Å²) in [5, 5.41) is 5.87. The van der Waals surface area contributed by atoms with Crippen LogP contribution < -0.4 is 15.5 Å². The summed E-state index contributed by atoms with van der Waals surface area (Å²) in [7, 11) is 1.75. The van der Waals surface area contributed by atoms with Crippen LogP contribution in [0.15, 0.2) is 84.9 Å². The molecule has 2 amide bonds. The quantitative estimate of drug-likeness (QED) is 0.699. The van der Waals surface area contributed by atoms with E-state index in [-0.39, 0.29) is 18.4 Å². The molecule has 5 nitrogen and oxygen atoms in total. The second kappa shape index (κ2) is 8.67. The van der Waals surface area contributed by atoms with Gasteiger partial charge in [-0.15, -0.1) is 0 Å². The zero-order chi connectivity index (χ0) is 19.1. The first kappa shape index (κ1) is 18.2. The molecule has 5 heteroatoms. The summed E-state index contributed by atoms with van der Waals surface area (Å²) in [4.78, 5) is 26.1. The van der Waals surface area contributed by atoms with Crippen LogP contribution in [0, 0.1) is 0 Å². The first-order valence-corrected chi connectivity index (χ1v) is 8.65. The topological polar surface area (TPSA) is 61.4 Å². The second-order valence-electron chi connectivity index (χ2n) is 6.04. The fourth-order valence-electron chi connectivity index (χ4n) is 2.60. The van der Waals surface area contributed by atoms with Crippen molar-refractivity contribution in [3.05, 3.63) is 90.5 Å². The Hall–Kier alpha value is -3.60. The molecule has 0 saturated carbocycles. The molecule has 0 atom stereocenters. The van der Waals surface area contributed by atoms with E-state index in [1.807, 2.05) is 60.7 Å². The van der Waals surface area contributed by atoms with E-state index < -0.39 is 0 Å². The van der Waals surface area contributed by atoms with Gasteiger partial charge in [-0.1, -0.05) is 36.4 Å². The zero-order valence-corrected chi connectivity index (χ0v) is 15.1. The predicted molar refractivity (Wildman–Crippen MR) is 109 cm³/mol. The Bertz CT molecular complexity index is 894. The minimum atomic E-state index is -0.134. The van der Waals surface area contributed by atoms with Gasteiger partial charge in [0.2, 0.25) is 5.91 Å². The molecule has 0 aromatic heterocycles.